The number of aliphatic hydroxyl groups is 1. The molecule has 1 unspecified atom stereocenters. The van der Waals surface area contributed by atoms with E-state index < -0.39 is 12.2 Å². The summed E-state index contributed by atoms with van der Waals surface area (Å²) in [5.41, 5.74) is 4.94. The highest BCUT2D eigenvalue weighted by molar-refractivity contribution is 6.10. The quantitative estimate of drug-likeness (QED) is 0.434. The van der Waals surface area contributed by atoms with Gasteiger partial charge < -0.3 is 24.9 Å². The van der Waals surface area contributed by atoms with E-state index in [9.17, 15) is 5.11 Å². The fourth-order valence-corrected chi connectivity index (χ4v) is 3.58. The first kappa shape index (κ1) is 19.6. The smallest absolute Gasteiger partial charge is 0.238 e. The first-order valence-electron chi connectivity index (χ1n) is 9.38. The molecule has 6 nitrogen and oxygen atoms in total. The van der Waals surface area contributed by atoms with E-state index in [1.165, 1.54) is 13.2 Å². The lowest BCUT2D eigenvalue weighted by Crippen LogP contribution is -2.46. The number of hydrogen-bond acceptors (Lipinski definition) is 6. The van der Waals surface area contributed by atoms with Crippen LogP contribution in [-0.2, 0) is 11.2 Å². The van der Waals surface area contributed by atoms with Gasteiger partial charge in [0.25, 0.3) is 0 Å². The van der Waals surface area contributed by atoms with Gasteiger partial charge in [0.15, 0.2) is 0 Å². The SMILES string of the molecule is C=C(/C=N\NC)c1cc(F)c2c(c1OC1CCC1)CC[C@H](C)N2C(O)OC. The van der Waals surface area contributed by atoms with Crippen molar-refractivity contribution in [2.24, 2.45) is 5.10 Å². The molecule has 3 rings (SSSR count). The van der Waals surface area contributed by atoms with Crippen LogP contribution in [0.4, 0.5) is 10.1 Å². The Bertz CT molecular complexity index is 734. The summed E-state index contributed by atoms with van der Waals surface area (Å²) in [6.45, 7) is 5.97. The highest BCUT2D eigenvalue weighted by Gasteiger charge is 2.35. The number of benzene rings is 1. The van der Waals surface area contributed by atoms with Crippen molar-refractivity contribution < 1.29 is 19.0 Å². The highest BCUT2D eigenvalue weighted by Crippen LogP contribution is 2.44. The lowest BCUT2D eigenvalue weighted by atomic mass is 9.90. The number of nitrogens with one attached hydrogen (secondary N) is 1. The maximum absolute atomic E-state index is 15.2. The number of halogens is 1. The number of anilines is 1. The van der Waals surface area contributed by atoms with Crippen molar-refractivity contribution in [3.63, 3.8) is 0 Å². The Morgan fingerprint density at radius 1 is 1.48 bits per heavy atom. The zero-order valence-corrected chi connectivity index (χ0v) is 16.2. The second-order valence-corrected chi connectivity index (χ2v) is 7.10. The van der Waals surface area contributed by atoms with E-state index in [0.29, 0.717) is 29.0 Å². The summed E-state index contributed by atoms with van der Waals surface area (Å²) < 4.78 is 26.5. The summed E-state index contributed by atoms with van der Waals surface area (Å²) in [4.78, 5) is 1.58. The van der Waals surface area contributed by atoms with Gasteiger partial charge in [-0.05, 0) is 50.7 Å². The van der Waals surface area contributed by atoms with Crippen LogP contribution < -0.4 is 15.1 Å². The average Bonchev–Trinajstić information content (AvgIpc) is 2.63. The van der Waals surface area contributed by atoms with Crippen molar-refractivity contribution in [1.82, 2.24) is 5.43 Å². The number of rotatable bonds is 7. The Morgan fingerprint density at radius 3 is 2.81 bits per heavy atom. The van der Waals surface area contributed by atoms with Crippen LogP contribution in [0, 0.1) is 5.82 Å². The summed E-state index contributed by atoms with van der Waals surface area (Å²) in [5.74, 6) is 0.214. The third-order valence-electron chi connectivity index (χ3n) is 5.33. The molecule has 2 N–H and O–H groups in total. The second-order valence-electron chi connectivity index (χ2n) is 7.10. The lowest BCUT2D eigenvalue weighted by Gasteiger charge is -2.41. The molecule has 0 spiro atoms. The first-order chi connectivity index (χ1) is 13.0. The summed E-state index contributed by atoms with van der Waals surface area (Å²) in [6, 6.07) is 1.36. The summed E-state index contributed by atoms with van der Waals surface area (Å²) in [6.07, 6.45) is 5.00. The predicted molar refractivity (Wildman–Crippen MR) is 105 cm³/mol. The third-order valence-corrected chi connectivity index (χ3v) is 5.33. The van der Waals surface area contributed by atoms with Gasteiger partial charge in [-0.1, -0.05) is 6.58 Å². The van der Waals surface area contributed by atoms with Gasteiger partial charge in [-0.2, -0.15) is 5.10 Å². The fraction of sp³-hybridized carbons (Fsp3) is 0.550. The largest absolute Gasteiger partial charge is 0.489 e. The molecule has 1 fully saturated rings. The average molecular weight is 377 g/mol. The van der Waals surface area contributed by atoms with Crippen molar-refractivity contribution in [3.05, 3.63) is 29.6 Å². The molecule has 0 bridgehead atoms. The minimum Gasteiger partial charge on any atom is -0.489 e. The van der Waals surface area contributed by atoms with Crippen molar-refractivity contribution in [2.75, 3.05) is 19.1 Å². The van der Waals surface area contributed by atoms with Gasteiger partial charge in [0.2, 0.25) is 6.41 Å². The lowest BCUT2D eigenvalue weighted by molar-refractivity contribution is -0.0799. The molecule has 0 amide bonds. The molecule has 2 atom stereocenters. The van der Waals surface area contributed by atoms with E-state index in [0.717, 1.165) is 31.2 Å². The highest BCUT2D eigenvalue weighted by atomic mass is 19.1. The van der Waals surface area contributed by atoms with Crippen LogP contribution in [0.3, 0.4) is 0 Å². The molecule has 1 aliphatic carbocycles. The Morgan fingerprint density at radius 2 is 2.22 bits per heavy atom. The van der Waals surface area contributed by atoms with Crippen LogP contribution in [0.2, 0.25) is 0 Å². The van der Waals surface area contributed by atoms with Crippen LogP contribution >= 0.6 is 0 Å². The number of ether oxygens (including phenoxy) is 2. The molecule has 0 saturated heterocycles. The summed E-state index contributed by atoms with van der Waals surface area (Å²) >= 11 is 0. The molecule has 1 aromatic carbocycles. The first-order valence-corrected chi connectivity index (χ1v) is 9.38. The van der Waals surface area contributed by atoms with E-state index in [-0.39, 0.29) is 12.1 Å². The molecule has 27 heavy (non-hydrogen) atoms. The number of aliphatic hydroxyl groups excluding tert-OH is 1. The monoisotopic (exact) mass is 377 g/mol. The number of allylic oxidation sites excluding steroid dienone is 1. The minimum atomic E-state index is -1.22. The minimum absolute atomic E-state index is 0.0570. The maximum Gasteiger partial charge on any atom is 0.238 e. The van der Waals surface area contributed by atoms with Gasteiger partial charge >= 0.3 is 0 Å². The third kappa shape index (κ3) is 3.80. The van der Waals surface area contributed by atoms with E-state index in [1.54, 1.807) is 18.2 Å². The van der Waals surface area contributed by atoms with Crippen molar-refractivity contribution >= 4 is 17.5 Å². The molecule has 1 aromatic rings. The molecule has 1 heterocycles. The van der Waals surface area contributed by atoms with E-state index in [2.05, 4.69) is 17.1 Å². The summed E-state index contributed by atoms with van der Waals surface area (Å²) in [5, 5.41) is 14.3. The number of fused-ring (bicyclic) bond motifs is 1. The molecule has 0 radical (unpaired) electrons. The number of hydrogen-bond donors (Lipinski definition) is 2. The Kier molecular flexibility index (Phi) is 6.01. The molecule has 7 heteroatoms. The normalized spacial score (nSPS) is 20.9. The zero-order chi connectivity index (χ0) is 19.6. The molecule has 148 valence electrons. The van der Waals surface area contributed by atoms with Crippen molar-refractivity contribution in [3.8, 4) is 5.75 Å². The Hall–Kier alpha value is -2.12. The molecule has 0 aromatic heterocycles. The van der Waals surface area contributed by atoms with Crippen LogP contribution in [0.15, 0.2) is 17.7 Å². The molecular weight excluding hydrogens is 349 g/mol. The van der Waals surface area contributed by atoms with Crippen LogP contribution in [0.5, 0.6) is 5.75 Å². The zero-order valence-electron chi connectivity index (χ0n) is 16.2. The second kappa shape index (κ2) is 8.27. The van der Waals surface area contributed by atoms with E-state index in [4.69, 9.17) is 9.47 Å². The molecule has 1 aliphatic heterocycles. The predicted octanol–water partition coefficient (Wildman–Crippen LogP) is 3.04. The van der Waals surface area contributed by atoms with Gasteiger partial charge in [0.05, 0.1) is 18.0 Å². The van der Waals surface area contributed by atoms with Crippen molar-refractivity contribution in [1.29, 1.82) is 0 Å². The molecule has 2 aliphatic rings. The van der Waals surface area contributed by atoms with Crippen LogP contribution in [0.1, 0.15) is 43.7 Å². The fourth-order valence-electron chi connectivity index (χ4n) is 3.58. The topological polar surface area (TPSA) is 66.3 Å². The van der Waals surface area contributed by atoms with Gasteiger partial charge in [-0.25, -0.2) is 4.39 Å². The van der Waals surface area contributed by atoms with Gasteiger partial charge in [-0.15, -0.1) is 0 Å². The van der Waals surface area contributed by atoms with Crippen molar-refractivity contribution in [2.45, 2.75) is 57.6 Å². The Labute approximate surface area is 159 Å². The van der Waals surface area contributed by atoms with Crippen LogP contribution in [-0.4, -0.2) is 44.0 Å². The van der Waals surface area contributed by atoms with Crippen LogP contribution in [0.25, 0.3) is 5.57 Å². The van der Waals surface area contributed by atoms with E-state index >= 15 is 4.39 Å². The number of nitrogens with zero attached hydrogens (tertiary/aromatic N) is 2. The number of methoxy groups -OCH3 is 1. The maximum atomic E-state index is 15.2. The molecular formula is C20H28FN3O3. The Balaban J connectivity index is 2.12. The van der Waals surface area contributed by atoms with E-state index in [1.807, 2.05) is 6.92 Å². The van der Waals surface area contributed by atoms with Gasteiger partial charge in [-0.3, -0.25) is 0 Å². The number of hydrazone groups is 1. The summed E-state index contributed by atoms with van der Waals surface area (Å²) in [7, 11) is 3.09. The van der Waals surface area contributed by atoms with Gasteiger partial charge in [0.1, 0.15) is 11.6 Å². The standard InChI is InChI=1S/C20H28FN3O3/c1-12(11-23-22-3)16-10-17(21)18-15(19(16)27-14-6-5-7-14)9-8-13(2)24(18)20(25)26-4/h10-11,13-14,20,22,25H,1,5-9H2,2-4H3/b23-11-/t13-,20?/m0/s1. The molecule has 1 saturated carbocycles. The van der Waals surface area contributed by atoms with Gasteiger partial charge in [0, 0.05) is 31.3 Å².